The second-order valence-corrected chi connectivity index (χ2v) is 10.6. The number of Topliss-reactive ketones (excluding diaryl/α,β-unsaturated/α-hetero) is 1. The zero-order valence-electron chi connectivity index (χ0n) is 19.8. The van der Waals surface area contributed by atoms with Crippen LogP contribution in [0.2, 0.25) is 0 Å². The van der Waals surface area contributed by atoms with E-state index in [0.29, 0.717) is 19.8 Å². The van der Waals surface area contributed by atoms with E-state index in [4.69, 9.17) is 9.72 Å². The third kappa shape index (κ3) is 4.85. The zero-order valence-corrected chi connectivity index (χ0v) is 20.6. The summed E-state index contributed by atoms with van der Waals surface area (Å²) in [5.74, 6) is 1.14. The van der Waals surface area contributed by atoms with E-state index in [2.05, 4.69) is 65.4 Å². The summed E-state index contributed by atoms with van der Waals surface area (Å²) in [4.78, 5) is 24.6. The third-order valence-electron chi connectivity index (χ3n) is 6.57. The standard InChI is InChI=1S/C28H31N3O2S/c1-28(2)20-31(19-21-8-4-3-5-9-21)26(24-11-7-17-34-24)23(27(28)32)18-22-10-6-12-25(29-22)30-13-15-33-16-14-30/h3-12,17-18,26H,13-16,19-20H2,1-2H3/b23-18-. The van der Waals surface area contributed by atoms with Crippen LogP contribution >= 0.6 is 11.3 Å². The van der Waals surface area contributed by atoms with Crippen LogP contribution in [0.25, 0.3) is 6.08 Å². The SMILES string of the molecule is CC1(C)CN(Cc2ccccc2)C(c2cccs2)/C(=C/c2cccc(N3CCOCC3)n2)C1=O. The molecule has 0 aliphatic carbocycles. The fourth-order valence-corrected chi connectivity index (χ4v) is 5.80. The van der Waals surface area contributed by atoms with Gasteiger partial charge >= 0.3 is 0 Å². The molecule has 1 unspecified atom stereocenters. The van der Waals surface area contributed by atoms with E-state index in [-0.39, 0.29) is 11.8 Å². The van der Waals surface area contributed by atoms with E-state index in [1.165, 1.54) is 10.4 Å². The molecule has 4 heterocycles. The van der Waals surface area contributed by atoms with Crippen molar-refractivity contribution in [2.75, 3.05) is 37.7 Å². The number of ketones is 1. The van der Waals surface area contributed by atoms with Crippen molar-refractivity contribution in [2.45, 2.75) is 26.4 Å². The average molecular weight is 474 g/mol. The number of carbonyl (C=O) groups is 1. The molecule has 0 N–H and O–H groups in total. The Morgan fingerprint density at radius 1 is 1.06 bits per heavy atom. The minimum Gasteiger partial charge on any atom is -0.378 e. The Balaban J connectivity index is 1.55. The first-order valence-corrected chi connectivity index (χ1v) is 12.8. The number of ether oxygens (including phenoxy) is 1. The Bertz CT molecular complexity index is 1150. The Labute approximate surface area is 205 Å². The number of anilines is 1. The van der Waals surface area contributed by atoms with Gasteiger partial charge < -0.3 is 9.64 Å². The highest BCUT2D eigenvalue weighted by atomic mass is 32.1. The number of rotatable bonds is 5. The lowest BCUT2D eigenvalue weighted by atomic mass is 9.76. The van der Waals surface area contributed by atoms with Gasteiger partial charge in [0, 0.05) is 42.0 Å². The molecule has 34 heavy (non-hydrogen) atoms. The van der Waals surface area contributed by atoms with Crippen molar-refractivity contribution in [3.63, 3.8) is 0 Å². The molecule has 0 amide bonds. The number of nitrogens with zero attached hydrogens (tertiary/aromatic N) is 3. The highest BCUT2D eigenvalue weighted by Crippen LogP contribution is 2.43. The van der Waals surface area contributed by atoms with Gasteiger partial charge in [0.1, 0.15) is 5.82 Å². The average Bonchev–Trinajstić information content (AvgIpc) is 3.38. The van der Waals surface area contributed by atoms with Crippen LogP contribution < -0.4 is 4.90 Å². The molecule has 0 bridgehead atoms. The molecule has 2 saturated heterocycles. The van der Waals surface area contributed by atoms with Crippen LogP contribution in [-0.2, 0) is 16.1 Å². The van der Waals surface area contributed by atoms with Crippen LogP contribution in [0.1, 0.15) is 36.0 Å². The van der Waals surface area contributed by atoms with Crippen molar-refractivity contribution in [3.05, 3.63) is 87.8 Å². The van der Waals surface area contributed by atoms with Crippen LogP contribution in [0.4, 0.5) is 5.82 Å². The fraction of sp³-hybridized carbons (Fsp3) is 0.357. The summed E-state index contributed by atoms with van der Waals surface area (Å²) in [6, 6.07) is 20.7. The zero-order chi connectivity index (χ0) is 23.5. The molecule has 5 rings (SSSR count). The van der Waals surface area contributed by atoms with Gasteiger partial charge in [-0.05, 0) is 35.2 Å². The molecule has 2 fully saturated rings. The quantitative estimate of drug-likeness (QED) is 0.476. The summed E-state index contributed by atoms with van der Waals surface area (Å²) in [7, 11) is 0. The molecule has 1 aromatic carbocycles. The lowest BCUT2D eigenvalue weighted by Crippen LogP contribution is -2.48. The van der Waals surface area contributed by atoms with E-state index in [1.54, 1.807) is 11.3 Å². The van der Waals surface area contributed by atoms with E-state index < -0.39 is 5.41 Å². The predicted molar refractivity (Wildman–Crippen MR) is 138 cm³/mol. The third-order valence-corrected chi connectivity index (χ3v) is 7.50. The van der Waals surface area contributed by atoms with Gasteiger partial charge in [-0.1, -0.05) is 56.3 Å². The first-order valence-electron chi connectivity index (χ1n) is 11.9. The number of thiophene rings is 1. The molecule has 176 valence electrons. The molecule has 0 spiro atoms. The summed E-state index contributed by atoms with van der Waals surface area (Å²) in [5.41, 5.74) is 2.42. The topological polar surface area (TPSA) is 45.7 Å². The van der Waals surface area contributed by atoms with Gasteiger partial charge in [0.25, 0.3) is 0 Å². The van der Waals surface area contributed by atoms with E-state index in [1.807, 2.05) is 30.3 Å². The number of piperidine rings is 1. The maximum atomic E-state index is 13.8. The van der Waals surface area contributed by atoms with Crippen molar-refractivity contribution in [1.82, 2.24) is 9.88 Å². The molecule has 0 saturated carbocycles. The van der Waals surface area contributed by atoms with Crippen molar-refractivity contribution in [1.29, 1.82) is 0 Å². The minimum atomic E-state index is -0.476. The number of morpholine rings is 1. The second-order valence-electron chi connectivity index (χ2n) is 9.64. The number of likely N-dealkylation sites (tertiary alicyclic amines) is 1. The summed E-state index contributed by atoms with van der Waals surface area (Å²) < 4.78 is 5.50. The van der Waals surface area contributed by atoms with E-state index in [9.17, 15) is 4.79 Å². The summed E-state index contributed by atoms with van der Waals surface area (Å²) >= 11 is 1.71. The van der Waals surface area contributed by atoms with E-state index >= 15 is 0 Å². The molecular weight excluding hydrogens is 442 g/mol. The molecule has 2 aliphatic heterocycles. The summed E-state index contributed by atoms with van der Waals surface area (Å²) in [6.07, 6.45) is 2.02. The predicted octanol–water partition coefficient (Wildman–Crippen LogP) is 5.22. The molecule has 0 radical (unpaired) electrons. The number of aromatic nitrogens is 1. The normalized spacial score (nSPS) is 22.3. The molecule has 2 aromatic heterocycles. The maximum Gasteiger partial charge on any atom is 0.167 e. The molecule has 1 atom stereocenters. The Hall–Kier alpha value is -2.80. The van der Waals surface area contributed by atoms with Crippen molar-refractivity contribution in [2.24, 2.45) is 5.41 Å². The van der Waals surface area contributed by atoms with Gasteiger partial charge in [-0.3, -0.25) is 9.69 Å². The van der Waals surface area contributed by atoms with E-state index in [0.717, 1.165) is 36.7 Å². The van der Waals surface area contributed by atoms with Crippen LogP contribution in [0, 0.1) is 5.41 Å². The Morgan fingerprint density at radius 2 is 1.85 bits per heavy atom. The van der Waals surface area contributed by atoms with Crippen molar-refractivity contribution < 1.29 is 9.53 Å². The van der Waals surface area contributed by atoms with Gasteiger partial charge in [0.15, 0.2) is 5.78 Å². The monoisotopic (exact) mass is 473 g/mol. The Morgan fingerprint density at radius 3 is 2.59 bits per heavy atom. The highest BCUT2D eigenvalue weighted by Gasteiger charge is 2.44. The number of hydrogen-bond donors (Lipinski definition) is 0. The first kappa shape index (κ1) is 23.0. The van der Waals surface area contributed by atoms with Gasteiger partial charge in [0.05, 0.1) is 24.9 Å². The van der Waals surface area contributed by atoms with Gasteiger partial charge in [-0.2, -0.15) is 0 Å². The van der Waals surface area contributed by atoms with Gasteiger partial charge in [-0.25, -0.2) is 4.98 Å². The van der Waals surface area contributed by atoms with Gasteiger partial charge in [0.2, 0.25) is 0 Å². The van der Waals surface area contributed by atoms with Crippen LogP contribution in [0.3, 0.4) is 0 Å². The maximum absolute atomic E-state index is 13.8. The molecule has 5 nitrogen and oxygen atoms in total. The van der Waals surface area contributed by atoms with Crippen LogP contribution in [0.5, 0.6) is 0 Å². The number of pyridine rings is 1. The lowest BCUT2D eigenvalue weighted by Gasteiger charge is -2.44. The smallest absolute Gasteiger partial charge is 0.167 e. The number of hydrogen-bond acceptors (Lipinski definition) is 6. The minimum absolute atomic E-state index is 0.0884. The first-order chi connectivity index (χ1) is 16.5. The second kappa shape index (κ2) is 9.82. The summed E-state index contributed by atoms with van der Waals surface area (Å²) in [5, 5.41) is 2.09. The Kier molecular flexibility index (Phi) is 6.63. The van der Waals surface area contributed by atoms with Gasteiger partial charge in [-0.15, -0.1) is 11.3 Å². The van der Waals surface area contributed by atoms with Crippen molar-refractivity contribution in [3.8, 4) is 0 Å². The summed E-state index contributed by atoms with van der Waals surface area (Å²) in [6.45, 7) is 8.72. The molecule has 3 aromatic rings. The fourth-order valence-electron chi connectivity index (χ4n) is 4.92. The largest absolute Gasteiger partial charge is 0.378 e. The lowest BCUT2D eigenvalue weighted by molar-refractivity contribution is -0.128. The number of carbonyl (C=O) groups excluding carboxylic acids is 1. The molecule has 6 heteroatoms. The molecule has 2 aliphatic rings. The number of benzene rings is 1. The van der Waals surface area contributed by atoms with Crippen molar-refractivity contribution >= 4 is 29.0 Å². The van der Waals surface area contributed by atoms with Crippen LogP contribution in [0.15, 0.2) is 71.6 Å². The highest BCUT2D eigenvalue weighted by molar-refractivity contribution is 7.10. The van der Waals surface area contributed by atoms with Crippen LogP contribution in [-0.4, -0.2) is 48.5 Å². The molecular formula is C28H31N3O2S.